The highest BCUT2D eigenvalue weighted by Gasteiger charge is 2.15. The van der Waals surface area contributed by atoms with E-state index in [-0.39, 0.29) is 5.25 Å². The van der Waals surface area contributed by atoms with Gasteiger partial charge < -0.3 is 5.73 Å². The number of thiophene rings is 1. The molecular formula is C14H14N2S2. The van der Waals surface area contributed by atoms with Crippen molar-refractivity contribution in [3.8, 4) is 6.07 Å². The Labute approximate surface area is 115 Å². The number of nitrogens with two attached hydrogens (primary N) is 1. The molecule has 0 fully saturated rings. The van der Waals surface area contributed by atoms with Crippen LogP contribution >= 0.6 is 23.1 Å². The molecule has 0 aliphatic rings. The molecule has 1 atom stereocenters. The van der Waals surface area contributed by atoms with Crippen molar-refractivity contribution in [1.82, 2.24) is 0 Å². The van der Waals surface area contributed by atoms with Crippen LogP contribution in [0.15, 0.2) is 41.3 Å². The number of aryl methyl sites for hydroxylation is 1. The number of nitrogens with zero attached hydrogens (tertiary/aromatic N) is 1. The third kappa shape index (κ3) is 2.94. The Bertz CT molecular complexity index is 555. The molecule has 18 heavy (non-hydrogen) atoms. The normalized spacial score (nSPS) is 12.1. The predicted octanol–water partition coefficient (Wildman–Crippen LogP) is 3.72. The number of hydrogen-bond acceptors (Lipinski definition) is 4. The van der Waals surface area contributed by atoms with Gasteiger partial charge in [0.05, 0.1) is 0 Å². The zero-order valence-corrected chi connectivity index (χ0v) is 11.7. The largest absolute Gasteiger partial charge is 0.329 e. The first kappa shape index (κ1) is 13.2. The van der Waals surface area contributed by atoms with Crippen molar-refractivity contribution in [2.24, 2.45) is 5.73 Å². The first-order chi connectivity index (χ1) is 8.74. The third-order valence-electron chi connectivity index (χ3n) is 2.58. The van der Waals surface area contributed by atoms with Gasteiger partial charge in [-0.2, -0.15) is 5.26 Å². The maximum absolute atomic E-state index is 9.10. The smallest absolute Gasteiger partial charge is 0.118 e. The summed E-state index contributed by atoms with van der Waals surface area (Å²) in [5.74, 6) is 0. The van der Waals surface area contributed by atoms with E-state index < -0.39 is 0 Å². The summed E-state index contributed by atoms with van der Waals surface area (Å²) in [4.78, 5) is 2.99. The Balaban J connectivity index is 2.24. The van der Waals surface area contributed by atoms with E-state index in [2.05, 4.69) is 24.3 Å². The SMILES string of the molecule is Cc1cc(SC(CN)c2ccccc2)c(C#N)s1. The van der Waals surface area contributed by atoms with Gasteiger partial charge in [-0.25, -0.2) is 0 Å². The van der Waals surface area contributed by atoms with Crippen LogP contribution in [-0.2, 0) is 0 Å². The van der Waals surface area contributed by atoms with E-state index in [0.29, 0.717) is 6.54 Å². The molecule has 0 aliphatic carbocycles. The molecule has 1 unspecified atom stereocenters. The Morgan fingerprint density at radius 2 is 2.11 bits per heavy atom. The van der Waals surface area contributed by atoms with Crippen LogP contribution in [0.4, 0.5) is 0 Å². The van der Waals surface area contributed by atoms with Gasteiger partial charge in [-0.05, 0) is 18.6 Å². The van der Waals surface area contributed by atoms with Crippen molar-refractivity contribution >= 4 is 23.1 Å². The van der Waals surface area contributed by atoms with Crippen LogP contribution in [0.25, 0.3) is 0 Å². The first-order valence-electron chi connectivity index (χ1n) is 5.66. The molecule has 92 valence electrons. The molecule has 1 aromatic carbocycles. The molecule has 2 aromatic rings. The van der Waals surface area contributed by atoms with Gasteiger partial charge >= 0.3 is 0 Å². The lowest BCUT2D eigenvalue weighted by Gasteiger charge is -2.14. The summed E-state index contributed by atoms with van der Waals surface area (Å²) in [6.07, 6.45) is 0. The summed E-state index contributed by atoms with van der Waals surface area (Å²) < 4.78 is 0. The monoisotopic (exact) mass is 274 g/mol. The van der Waals surface area contributed by atoms with Crippen molar-refractivity contribution in [1.29, 1.82) is 5.26 Å². The van der Waals surface area contributed by atoms with Crippen molar-refractivity contribution in [2.45, 2.75) is 17.1 Å². The van der Waals surface area contributed by atoms with Crippen LogP contribution in [0.2, 0.25) is 0 Å². The van der Waals surface area contributed by atoms with E-state index in [1.807, 2.05) is 25.1 Å². The van der Waals surface area contributed by atoms with Gasteiger partial charge in [0.2, 0.25) is 0 Å². The molecule has 0 saturated carbocycles. The molecular weight excluding hydrogens is 260 g/mol. The summed E-state index contributed by atoms with van der Waals surface area (Å²) in [6, 6.07) is 14.5. The van der Waals surface area contributed by atoms with E-state index in [1.54, 1.807) is 11.8 Å². The lowest BCUT2D eigenvalue weighted by molar-refractivity contribution is 0.941. The molecule has 1 aromatic heterocycles. The Morgan fingerprint density at radius 3 is 2.72 bits per heavy atom. The van der Waals surface area contributed by atoms with E-state index in [4.69, 9.17) is 11.0 Å². The second-order valence-corrected chi connectivity index (χ2v) is 6.42. The number of nitriles is 1. The van der Waals surface area contributed by atoms with Gasteiger partial charge in [-0.15, -0.1) is 23.1 Å². The fourth-order valence-corrected chi connectivity index (χ4v) is 3.87. The van der Waals surface area contributed by atoms with Crippen molar-refractivity contribution < 1.29 is 0 Å². The fraction of sp³-hybridized carbons (Fsp3) is 0.214. The minimum absolute atomic E-state index is 0.201. The summed E-state index contributed by atoms with van der Waals surface area (Å²) in [7, 11) is 0. The van der Waals surface area contributed by atoms with Crippen LogP contribution in [0.3, 0.4) is 0 Å². The maximum atomic E-state index is 9.10. The maximum Gasteiger partial charge on any atom is 0.118 e. The average molecular weight is 274 g/mol. The van der Waals surface area contributed by atoms with E-state index in [9.17, 15) is 0 Å². The van der Waals surface area contributed by atoms with Crippen LogP contribution < -0.4 is 5.73 Å². The van der Waals surface area contributed by atoms with Gasteiger partial charge in [0.15, 0.2) is 0 Å². The topological polar surface area (TPSA) is 49.8 Å². The standard InChI is InChI=1S/C14H14N2S2/c1-10-7-12(14(9-16)17-10)18-13(8-15)11-5-3-2-4-6-11/h2-7,13H,8,15H2,1H3. The molecule has 0 saturated heterocycles. The second kappa shape index (κ2) is 6.05. The summed E-state index contributed by atoms with van der Waals surface area (Å²) >= 11 is 3.22. The summed E-state index contributed by atoms with van der Waals surface area (Å²) in [6.45, 7) is 2.59. The molecule has 2 nitrogen and oxygen atoms in total. The summed E-state index contributed by atoms with van der Waals surface area (Å²) in [5, 5.41) is 9.30. The molecule has 0 radical (unpaired) electrons. The van der Waals surface area contributed by atoms with Gasteiger partial charge in [-0.1, -0.05) is 30.3 Å². The van der Waals surface area contributed by atoms with Crippen LogP contribution in [0, 0.1) is 18.3 Å². The lowest BCUT2D eigenvalue weighted by Crippen LogP contribution is -2.09. The lowest BCUT2D eigenvalue weighted by atomic mass is 10.1. The highest BCUT2D eigenvalue weighted by molar-refractivity contribution is 7.99. The van der Waals surface area contributed by atoms with Crippen molar-refractivity contribution in [3.63, 3.8) is 0 Å². The summed E-state index contributed by atoms with van der Waals surface area (Å²) in [5.41, 5.74) is 7.06. The number of benzene rings is 1. The van der Waals surface area contributed by atoms with Gasteiger partial charge in [0.1, 0.15) is 10.9 Å². The van der Waals surface area contributed by atoms with Crippen molar-refractivity contribution in [3.05, 3.63) is 51.7 Å². The Hall–Kier alpha value is -1.28. The Morgan fingerprint density at radius 1 is 1.39 bits per heavy atom. The quantitative estimate of drug-likeness (QED) is 0.864. The second-order valence-electron chi connectivity index (χ2n) is 3.92. The minimum Gasteiger partial charge on any atom is -0.329 e. The van der Waals surface area contributed by atoms with E-state index in [0.717, 1.165) is 14.6 Å². The van der Waals surface area contributed by atoms with Gasteiger partial charge in [-0.3, -0.25) is 0 Å². The first-order valence-corrected chi connectivity index (χ1v) is 7.36. The molecule has 0 bridgehead atoms. The molecule has 0 aliphatic heterocycles. The molecule has 4 heteroatoms. The van der Waals surface area contributed by atoms with Gasteiger partial charge in [0, 0.05) is 21.6 Å². The highest BCUT2D eigenvalue weighted by Crippen LogP contribution is 2.39. The van der Waals surface area contributed by atoms with Crippen LogP contribution in [0.5, 0.6) is 0 Å². The zero-order chi connectivity index (χ0) is 13.0. The number of rotatable bonds is 4. The molecule has 0 spiro atoms. The van der Waals surface area contributed by atoms with Crippen LogP contribution in [-0.4, -0.2) is 6.54 Å². The average Bonchev–Trinajstić information content (AvgIpc) is 2.77. The van der Waals surface area contributed by atoms with E-state index in [1.165, 1.54) is 16.9 Å². The number of hydrogen-bond donors (Lipinski definition) is 1. The zero-order valence-electron chi connectivity index (χ0n) is 10.1. The predicted molar refractivity (Wildman–Crippen MR) is 77.9 cm³/mol. The molecule has 2 N–H and O–H groups in total. The molecule has 2 rings (SSSR count). The third-order valence-corrected chi connectivity index (χ3v) is 4.99. The molecule has 1 heterocycles. The number of thioether (sulfide) groups is 1. The van der Waals surface area contributed by atoms with E-state index >= 15 is 0 Å². The highest BCUT2D eigenvalue weighted by atomic mass is 32.2. The van der Waals surface area contributed by atoms with Crippen molar-refractivity contribution in [2.75, 3.05) is 6.54 Å². The van der Waals surface area contributed by atoms with Crippen LogP contribution in [0.1, 0.15) is 20.6 Å². The Kier molecular flexibility index (Phi) is 4.43. The minimum atomic E-state index is 0.201. The fourth-order valence-electron chi connectivity index (χ4n) is 1.73. The van der Waals surface area contributed by atoms with Gasteiger partial charge in [0.25, 0.3) is 0 Å². The molecule has 0 amide bonds.